The monoisotopic (exact) mass is 346 g/mol. The molecule has 0 aliphatic rings. The van der Waals surface area contributed by atoms with Gasteiger partial charge in [-0.15, -0.1) is 11.3 Å². The quantitative estimate of drug-likeness (QED) is 0.278. The minimum Gasteiger partial charge on any atom is -0.322 e. The van der Waals surface area contributed by atoms with Gasteiger partial charge in [-0.3, -0.25) is 5.01 Å². The van der Waals surface area contributed by atoms with Crippen LogP contribution < -0.4 is 11.7 Å². The van der Waals surface area contributed by atoms with Gasteiger partial charge in [-0.05, 0) is 23.1 Å². The molecule has 0 aliphatic carbocycles. The predicted molar refractivity (Wildman–Crippen MR) is 80.9 cm³/mol. The number of alkyl halides is 2. The van der Waals surface area contributed by atoms with Crippen molar-refractivity contribution < 1.29 is 17.6 Å². The van der Waals surface area contributed by atoms with Gasteiger partial charge in [0.1, 0.15) is 18.0 Å². The molecule has 0 bridgehead atoms. The molecule has 124 valence electrons. The van der Waals surface area contributed by atoms with Crippen LogP contribution in [0.25, 0.3) is 0 Å². The van der Waals surface area contributed by atoms with E-state index in [0.717, 1.165) is 34.8 Å². The third-order valence-electron chi connectivity index (χ3n) is 3.23. The number of hydrogen-bond donors (Lipinski definition) is 2. The highest BCUT2D eigenvalue weighted by Gasteiger charge is 2.45. The standard InChI is InChI=1S/C14H14F4N4S/c15-9-3-4-10(12(16)6-9)11(7-22(20)8-21-19)14(17,18)13-2-1-5-23-13/h1-6,8,11H,7,19-20H2/b21-8-. The number of hydrazone groups is 1. The summed E-state index contributed by atoms with van der Waals surface area (Å²) in [5, 5.41) is 5.46. The fourth-order valence-electron chi connectivity index (χ4n) is 2.18. The average Bonchev–Trinajstić information content (AvgIpc) is 3.00. The molecule has 1 unspecified atom stereocenters. The van der Waals surface area contributed by atoms with Crippen molar-refractivity contribution in [2.45, 2.75) is 11.8 Å². The zero-order valence-corrected chi connectivity index (χ0v) is 12.6. The molecule has 4 nitrogen and oxygen atoms in total. The lowest BCUT2D eigenvalue weighted by Crippen LogP contribution is -2.39. The molecule has 9 heteroatoms. The van der Waals surface area contributed by atoms with Gasteiger partial charge < -0.3 is 5.84 Å². The predicted octanol–water partition coefficient (Wildman–Crippen LogP) is 2.98. The van der Waals surface area contributed by atoms with E-state index in [-0.39, 0.29) is 10.4 Å². The number of benzene rings is 1. The van der Waals surface area contributed by atoms with E-state index >= 15 is 0 Å². The summed E-state index contributed by atoms with van der Waals surface area (Å²) in [4.78, 5) is -0.246. The summed E-state index contributed by atoms with van der Waals surface area (Å²) < 4.78 is 56.7. The summed E-state index contributed by atoms with van der Waals surface area (Å²) in [5.74, 6) is 3.49. The van der Waals surface area contributed by atoms with E-state index in [9.17, 15) is 17.6 Å². The lowest BCUT2D eigenvalue weighted by molar-refractivity contribution is -0.0367. The Morgan fingerprint density at radius 3 is 2.61 bits per heavy atom. The Labute approximate surface area is 134 Å². The minimum atomic E-state index is -3.41. The van der Waals surface area contributed by atoms with Gasteiger partial charge in [-0.25, -0.2) is 14.6 Å². The maximum absolute atomic E-state index is 14.8. The van der Waals surface area contributed by atoms with Crippen LogP contribution in [-0.4, -0.2) is 17.9 Å². The number of thiophene rings is 1. The highest BCUT2D eigenvalue weighted by atomic mass is 32.1. The van der Waals surface area contributed by atoms with Crippen molar-refractivity contribution in [3.8, 4) is 0 Å². The van der Waals surface area contributed by atoms with Crippen LogP contribution in [0, 0.1) is 11.6 Å². The maximum atomic E-state index is 14.8. The van der Waals surface area contributed by atoms with E-state index in [0.29, 0.717) is 6.07 Å². The second-order valence-corrected chi connectivity index (χ2v) is 5.73. The van der Waals surface area contributed by atoms with Crippen LogP contribution in [0.3, 0.4) is 0 Å². The summed E-state index contributed by atoms with van der Waals surface area (Å²) in [6.45, 7) is -0.464. The van der Waals surface area contributed by atoms with Gasteiger partial charge in [-0.1, -0.05) is 12.1 Å². The van der Waals surface area contributed by atoms with Gasteiger partial charge in [0.05, 0.1) is 10.8 Å². The zero-order valence-electron chi connectivity index (χ0n) is 11.8. The van der Waals surface area contributed by atoms with Crippen LogP contribution in [0.1, 0.15) is 16.4 Å². The van der Waals surface area contributed by atoms with Gasteiger partial charge in [-0.2, -0.15) is 13.9 Å². The summed E-state index contributed by atoms with van der Waals surface area (Å²) >= 11 is 0.838. The molecule has 0 amide bonds. The molecule has 1 atom stereocenters. The molecule has 0 radical (unpaired) electrons. The summed E-state index contributed by atoms with van der Waals surface area (Å²) in [6.07, 6.45) is 0.943. The van der Waals surface area contributed by atoms with Crippen LogP contribution in [0.5, 0.6) is 0 Å². The first-order chi connectivity index (χ1) is 10.9. The van der Waals surface area contributed by atoms with Crippen molar-refractivity contribution in [3.63, 3.8) is 0 Å². The number of nitrogens with zero attached hydrogens (tertiary/aromatic N) is 2. The molecule has 0 saturated heterocycles. The molecule has 1 aromatic carbocycles. The second-order valence-electron chi connectivity index (χ2n) is 4.78. The topological polar surface area (TPSA) is 67.6 Å². The van der Waals surface area contributed by atoms with E-state index in [1.165, 1.54) is 17.5 Å². The van der Waals surface area contributed by atoms with Crippen LogP contribution in [0.15, 0.2) is 40.8 Å². The third-order valence-corrected chi connectivity index (χ3v) is 4.19. The average molecular weight is 346 g/mol. The molecule has 2 rings (SSSR count). The molecule has 0 saturated carbocycles. The van der Waals surface area contributed by atoms with E-state index in [2.05, 4.69) is 5.10 Å². The number of halogens is 4. The maximum Gasteiger partial charge on any atom is 0.290 e. The molecule has 23 heavy (non-hydrogen) atoms. The van der Waals surface area contributed by atoms with Gasteiger partial charge in [0.25, 0.3) is 5.92 Å². The Bertz CT molecular complexity index is 675. The summed E-state index contributed by atoms with van der Waals surface area (Å²) in [7, 11) is 0. The van der Waals surface area contributed by atoms with Gasteiger partial charge in [0.2, 0.25) is 0 Å². The van der Waals surface area contributed by atoms with E-state index in [1.54, 1.807) is 0 Å². The Hall–Kier alpha value is -2.13. The lowest BCUT2D eigenvalue weighted by atomic mass is 9.90. The Kier molecular flexibility index (Phi) is 5.22. The first-order valence-corrected chi connectivity index (χ1v) is 7.35. The molecular formula is C14H14F4N4S. The normalized spacial score (nSPS) is 13.4. The van der Waals surface area contributed by atoms with Crippen LogP contribution in [0.4, 0.5) is 17.6 Å². The largest absolute Gasteiger partial charge is 0.322 e. The van der Waals surface area contributed by atoms with Crippen LogP contribution in [-0.2, 0) is 5.92 Å². The number of nitrogens with two attached hydrogens (primary N) is 2. The third kappa shape index (κ3) is 3.80. The van der Waals surface area contributed by atoms with E-state index in [4.69, 9.17) is 11.7 Å². The Balaban J connectivity index is 2.47. The minimum absolute atomic E-state index is 0.246. The lowest BCUT2D eigenvalue weighted by Gasteiger charge is -2.29. The SMILES string of the molecule is N/N=C\N(N)CC(c1ccc(F)cc1F)C(F)(F)c1cccs1. The summed E-state index contributed by atoms with van der Waals surface area (Å²) in [5.41, 5.74) is -0.342. The van der Waals surface area contributed by atoms with E-state index < -0.39 is 30.0 Å². The number of hydrazine groups is 1. The molecule has 4 N–H and O–H groups in total. The zero-order chi connectivity index (χ0) is 17.0. The second kappa shape index (κ2) is 6.97. The van der Waals surface area contributed by atoms with Crippen molar-refractivity contribution in [2.24, 2.45) is 16.8 Å². The molecule has 2 aromatic rings. The fourth-order valence-corrected chi connectivity index (χ4v) is 2.94. The van der Waals surface area contributed by atoms with Gasteiger partial charge in [0.15, 0.2) is 0 Å². The van der Waals surface area contributed by atoms with Crippen molar-refractivity contribution in [2.75, 3.05) is 6.54 Å². The first kappa shape index (κ1) is 17.2. The number of rotatable bonds is 6. The molecule has 0 spiro atoms. The Morgan fingerprint density at radius 1 is 1.30 bits per heavy atom. The van der Waals surface area contributed by atoms with Crippen LogP contribution in [0.2, 0.25) is 0 Å². The van der Waals surface area contributed by atoms with Crippen molar-refractivity contribution in [3.05, 3.63) is 57.8 Å². The molecule has 1 heterocycles. The molecule has 1 aromatic heterocycles. The summed E-state index contributed by atoms with van der Waals surface area (Å²) in [6, 6.07) is 5.19. The fraction of sp³-hybridized carbons (Fsp3) is 0.214. The smallest absolute Gasteiger partial charge is 0.290 e. The van der Waals surface area contributed by atoms with Gasteiger partial charge >= 0.3 is 0 Å². The van der Waals surface area contributed by atoms with Crippen LogP contribution >= 0.6 is 11.3 Å². The van der Waals surface area contributed by atoms with E-state index in [1.807, 2.05) is 0 Å². The van der Waals surface area contributed by atoms with Crippen molar-refractivity contribution in [1.29, 1.82) is 0 Å². The molecule has 0 fully saturated rings. The van der Waals surface area contributed by atoms with Crippen molar-refractivity contribution in [1.82, 2.24) is 5.01 Å². The van der Waals surface area contributed by atoms with Crippen molar-refractivity contribution >= 4 is 17.7 Å². The molecule has 0 aliphatic heterocycles. The first-order valence-electron chi connectivity index (χ1n) is 6.47. The molecular weight excluding hydrogens is 332 g/mol. The highest BCUT2D eigenvalue weighted by Crippen LogP contribution is 2.44. The van der Waals surface area contributed by atoms with Gasteiger partial charge in [0, 0.05) is 12.6 Å². The number of hydrogen-bond acceptors (Lipinski definition) is 4. The highest BCUT2D eigenvalue weighted by molar-refractivity contribution is 7.10. The Morgan fingerprint density at radius 2 is 2.04 bits per heavy atom.